The number of halogens is 1. The molecule has 0 atom stereocenters. The molecule has 0 bridgehead atoms. The fraction of sp³-hybridized carbons (Fsp3) is 0.0833. The predicted molar refractivity (Wildman–Crippen MR) is 125 cm³/mol. The van der Waals surface area contributed by atoms with Crippen LogP contribution in [0.25, 0.3) is 16.4 Å². The summed E-state index contributed by atoms with van der Waals surface area (Å²) in [4.78, 5) is 25.5. The SMILES string of the molecule is Nc1ncn2cc(CNC(=O)c3ccnc(Cc4ccc5ncc(Cl)cc5c4)c3)ccc12. The number of rotatable bonds is 5. The number of aromatic nitrogens is 4. The highest BCUT2D eigenvalue weighted by atomic mass is 35.5. The average molecular weight is 443 g/mol. The van der Waals surface area contributed by atoms with E-state index in [1.54, 1.807) is 24.8 Å². The molecule has 1 amide bonds. The van der Waals surface area contributed by atoms with E-state index < -0.39 is 0 Å². The Morgan fingerprint density at radius 1 is 1.03 bits per heavy atom. The molecule has 0 unspecified atom stereocenters. The molecule has 7 nitrogen and oxygen atoms in total. The second kappa shape index (κ2) is 8.28. The number of pyridine rings is 3. The van der Waals surface area contributed by atoms with E-state index in [0.717, 1.165) is 33.2 Å². The number of nitrogens with one attached hydrogen (secondary N) is 1. The minimum Gasteiger partial charge on any atom is -0.382 e. The first-order valence-electron chi connectivity index (χ1n) is 10.0. The molecule has 5 rings (SSSR count). The summed E-state index contributed by atoms with van der Waals surface area (Å²) >= 11 is 6.06. The lowest BCUT2D eigenvalue weighted by Gasteiger charge is -2.08. The molecule has 0 radical (unpaired) electrons. The van der Waals surface area contributed by atoms with E-state index in [1.165, 1.54) is 0 Å². The van der Waals surface area contributed by atoms with Crippen LogP contribution >= 0.6 is 11.6 Å². The van der Waals surface area contributed by atoms with Crippen molar-refractivity contribution in [2.75, 3.05) is 5.73 Å². The van der Waals surface area contributed by atoms with E-state index in [9.17, 15) is 4.79 Å². The molecule has 5 aromatic rings. The molecule has 1 aromatic carbocycles. The van der Waals surface area contributed by atoms with Gasteiger partial charge in [-0.25, -0.2) is 4.98 Å². The number of hydrogen-bond acceptors (Lipinski definition) is 5. The van der Waals surface area contributed by atoms with E-state index >= 15 is 0 Å². The largest absolute Gasteiger partial charge is 0.382 e. The van der Waals surface area contributed by atoms with Crippen LogP contribution < -0.4 is 11.1 Å². The molecule has 0 saturated carbocycles. The average Bonchev–Trinajstić information content (AvgIpc) is 3.17. The summed E-state index contributed by atoms with van der Waals surface area (Å²) < 4.78 is 1.84. The zero-order valence-corrected chi connectivity index (χ0v) is 17.8. The summed E-state index contributed by atoms with van der Waals surface area (Å²) in [6, 6.07) is 15.2. The second-order valence-electron chi connectivity index (χ2n) is 7.54. The highest BCUT2D eigenvalue weighted by molar-refractivity contribution is 6.31. The van der Waals surface area contributed by atoms with Gasteiger partial charge in [0.05, 0.1) is 16.1 Å². The van der Waals surface area contributed by atoms with Gasteiger partial charge >= 0.3 is 0 Å². The van der Waals surface area contributed by atoms with Crippen LogP contribution in [-0.4, -0.2) is 25.3 Å². The summed E-state index contributed by atoms with van der Waals surface area (Å²) in [5.74, 6) is 0.323. The Bertz CT molecular complexity index is 1460. The standard InChI is InChI=1S/C24H19ClN6O/c25-19-9-18-7-15(1-3-21(18)28-12-19)8-20-10-17(5-6-27-20)24(32)29-11-16-2-4-22-23(26)30-14-31(22)13-16/h1-7,9-10,12-14H,8,11,26H2,(H,29,32). The number of amides is 1. The predicted octanol–water partition coefficient (Wildman–Crippen LogP) is 4.03. The van der Waals surface area contributed by atoms with Crippen molar-refractivity contribution in [2.45, 2.75) is 13.0 Å². The third-order valence-corrected chi connectivity index (χ3v) is 5.46. The molecule has 0 aliphatic carbocycles. The van der Waals surface area contributed by atoms with Crippen molar-refractivity contribution in [3.8, 4) is 0 Å². The van der Waals surface area contributed by atoms with E-state index in [1.807, 2.05) is 53.1 Å². The van der Waals surface area contributed by atoms with Crippen LogP contribution in [0.1, 0.15) is 27.2 Å². The lowest BCUT2D eigenvalue weighted by molar-refractivity contribution is 0.0950. The van der Waals surface area contributed by atoms with Crippen LogP contribution in [0.4, 0.5) is 5.82 Å². The fourth-order valence-electron chi connectivity index (χ4n) is 3.65. The van der Waals surface area contributed by atoms with E-state index in [0.29, 0.717) is 29.4 Å². The van der Waals surface area contributed by atoms with Gasteiger partial charge in [-0.3, -0.25) is 14.8 Å². The normalized spacial score (nSPS) is 11.2. The van der Waals surface area contributed by atoms with E-state index in [4.69, 9.17) is 17.3 Å². The number of nitrogen functional groups attached to an aromatic ring is 1. The molecule has 4 aromatic heterocycles. The van der Waals surface area contributed by atoms with Crippen molar-refractivity contribution < 1.29 is 4.79 Å². The number of anilines is 1. The van der Waals surface area contributed by atoms with Gasteiger partial charge in [0.2, 0.25) is 0 Å². The zero-order valence-electron chi connectivity index (χ0n) is 17.0. The van der Waals surface area contributed by atoms with Crippen LogP contribution in [0, 0.1) is 0 Å². The van der Waals surface area contributed by atoms with Gasteiger partial charge in [0.1, 0.15) is 12.1 Å². The highest BCUT2D eigenvalue weighted by Crippen LogP contribution is 2.20. The maximum atomic E-state index is 12.7. The molecule has 0 spiro atoms. The van der Waals surface area contributed by atoms with Crippen molar-refractivity contribution in [1.29, 1.82) is 0 Å². The second-order valence-corrected chi connectivity index (χ2v) is 7.97. The molecule has 3 N–H and O–H groups in total. The molecule has 158 valence electrons. The lowest BCUT2D eigenvalue weighted by atomic mass is 10.0. The number of fused-ring (bicyclic) bond motifs is 2. The number of imidazole rings is 1. The van der Waals surface area contributed by atoms with Gasteiger partial charge in [0, 0.05) is 48.2 Å². The van der Waals surface area contributed by atoms with Crippen molar-refractivity contribution in [3.63, 3.8) is 0 Å². The summed E-state index contributed by atoms with van der Waals surface area (Å²) in [7, 11) is 0. The maximum Gasteiger partial charge on any atom is 0.251 e. The van der Waals surface area contributed by atoms with Gasteiger partial charge in [-0.2, -0.15) is 0 Å². The van der Waals surface area contributed by atoms with E-state index in [-0.39, 0.29) is 5.91 Å². The molecule has 32 heavy (non-hydrogen) atoms. The Hall–Kier alpha value is -3.97. The number of carbonyl (C=O) groups is 1. The molecule has 0 aliphatic heterocycles. The number of benzene rings is 1. The molecular formula is C24H19ClN6O. The highest BCUT2D eigenvalue weighted by Gasteiger charge is 2.09. The molecule has 0 fully saturated rings. The lowest BCUT2D eigenvalue weighted by Crippen LogP contribution is -2.23. The molecular weight excluding hydrogens is 424 g/mol. The monoisotopic (exact) mass is 442 g/mol. The zero-order chi connectivity index (χ0) is 22.1. The minimum atomic E-state index is -0.159. The third kappa shape index (κ3) is 4.10. The molecule has 8 heteroatoms. The molecule has 4 heterocycles. The topological polar surface area (TPSA) is 98.2 Å². The van der Waals surface area contributed by atoms with Crippen LogP contribution in [0.5, 0.6) is 0 Å². The first-order chi connectivity index (χ1) is 15.5. The minimum absolute atomic E-state index is 0.159. The van der Waals surface area contributed by atoms with Crippen LogP contribution in [-0.2, 0) is 13.0 Å². The van der Waals surface area contributed by atoms with Crippen molar-refractivity contribution in [2.24, 2.45) is 0 Å². The molecule has 0 saturated heterocycles. The van der Waals surface area contributed by atoms with Crippen molar-refractivity contribution in [3.05, 3.63) is 101 Å². The summed E-state index contributed by atoms with van der Waals surface area (Å²) in [6.45, 7) is 0.392. The summed E-state index contributed by atoms with van der Waals surface area (Å²) in [5, 5.41) is 4.53. The van der Waals surface area contributed by atoms with Gasteiger partial charge < -0.3 is 15.5 Å². The van der Waals surface area contributed by atoms with Crippen LogP contribution in [0.15, 0.2) is 73.4 Å². The fourth-order valence-corrected chi connectivity index (χ4v) is 3.81. The maximum absolute atomic E-state index is 12.7. The Kier molecular flexibility index (Phi) is 5.17. The van der Waals surface area contributed by atoms with Gasteiger partial charge in [-0.1, -0.05) is 23.7 Å². The Morgan fingerprint density at radius 3 is 2.81 bits per heavy atom. The Labute approximate surface area is 188 Å². The third-order valence-electron chi connectivity index (χ3n) is 5.25. The van der Waals surface area contributed by atoms with Gasteiger partial charge in [-0.15, -0.1) is 0 Å². The Morgan fingerprint density at radius 2 is 1.91 bits per heavy atom. The number of nitrogens with two attached hydrogens (primary N) is 1. The Balaban J connectivity index is 1.29. The van der Waals surface area contributed by atoms with Crippen molar-refractivity contribution in [1.82, 2.24) is 24.7 Å². The molecule has 0 aliphatic rings. The van der Waals surface area contributed by atoms with Gasteiger partial charge in [0.25, 0.3) is 5.91 Å². The van der Waals surface area contributed by atoms with Crippen molar-refractivity contribution >= 4 is 39.7 Å². The summed E-state index contributed by atoms with van der Waals surface area (Å²) in [6.07, 6.45) is 7.45. The van der Waals surface area contributed by atoms with Gasteiger partial charge in [0.15, 0.2) is 0 Å². The first kappa shape index (κ1) is 20.0. The van der Waals surface area contributed by atoms with Gasteiger partial charge in [-0.05, 0) is 47.5 Å². The smallest absolute Gasteiger partial charge is 0.251 e. The van der Waals surface area contributed by atoms with Crippen LogP contribution in [0.2, 0.25) is 5.02 Å². The number of carbonyl (C=O) groups excluding carboxylic acids is 1. The number of hydrogen-bond donors (Lipinski definition) is 2. The first-order valence-corrected chi connectivity index (χ1v) is 10.4. The summed E-state index contributed by atoms with van der Waals surface area (Å²) in [5.41, 5.74) is 10.9. The van der Waals surface area contributed by atoms with E-state index in [2.05, 4.69) is 20.3 Å². The number of nitrogens with zero attached hydrogens (tertiary/aromatic N) is 4. The quantitative estimate of drug-likeness (QED) is 0.428. The van der Waals surface area contributed by atoms with Crippen LogP contribution in [0.3, 0.4) is 0 Å².